The van der Waals surface area contributed by atoms with E-state index >= 15 is 8.78 Å². The number of nitrogens with one attached hydrogen (secondary N) is 1. The van der Waals surface area contributed by atoms with Gasteiger partial charge in [-0.05, 0) is 42.3 Å². The van der Waals surface area contributed by atoms with Crippen molar-refractivity contribution in [1.29, 1.82) is 0 Å². The molecule has 2 saturated heterocycles. The number of anilines is 1. The molecule has 232 valence electrons. The Kier molecular flexibility index (Phi) is 7.26. The van der Waals surface area contributed by atoms with Crippen LogP contribution in [0, 0.1) is 0 Å². The number of aromatic nitrogens is 1. The highest BCUT2D eigenvalue weighted by Gasteiger charge is 2.53. The van der Waals surface area contributed by atoms with Crippen LogP contribution < -0.4 is 10.2 Å². The van der Waals surface area contributed by atoms with Gasteiger partial charge in [0.15, 0.2) is 12.2 Å². The third kappa shape index (κ3) is 5.10. The summed E-state index contributed by atoms with van der Waals surface area (Å²) in [6.07, 6.45) is 3.49. The molecule has 0 radical (unpaired) electrons. The molecule has 10 nitrogen and oxygen atoms in total. The molecule has 7 rings (SSSR count). The topological polar surface area (TPSA) is 114 Å². The highest BCUT2D eigenvalue weighted by molar-refractivity contribution is 7.10. The number of hydrogen-bond donors (Lipinski definition) is 1. The number of nitrogens with zero attached hydrogens (tertiary/aromatic N) is 3. The maximum Gasteiger partial charge on any atom is 0.299 e. The van der Waals surface area contributed by atoms with Gasteiger partial charge >= 0.3 is 0 Å². The third-order valence-electron chi connectivity index (χ3n) is 8.52. The van der Waals surface area contributed by atoms with E-state index in [4.69, 9.17) is 13.9 Å². The van der Waals surface area contributed by atoms with Gasteiger partial charge in [-0.3, -0.25) is 14.4 Å². The van der Waals surface area contributed by atoms with Gasteiger partial charge in [0, 0.05) is 39.1 Å². The number of amides is 3. The van der Waals surface area contributed by atoms with Gasteiger partial charge in [-0.15, -0.1) is 11.3 Å². The van der Waals surface area contributed by atoms with Gasteiger partial charge in [0.25, 0.3) is 5.92 Å². The predicted octanol–water partition coefficient (Wildman–Crippen LogP) is 4.71. The summed E-state index contributed by atoms with van der Waals surface area (Å²) in [6, 6.07) is 11.0. The number of ether oxygens (including phenoxy) is 2. The highest BCUT2D eigenvalue weighted by atomic mass is 32.1. The molecule has 2 aromatic heterocycles. The number of alkyl halides is 2. The molecule has 2 aromatic carbocycles. The van der Waals surface area contributed by atoms with Crippen LogP contribution in [-0.2, 0) is 29.8 Å². The number of benzene rings is 2. The molecule has 45 heavy (non-hydrogen) atoms. The first kappa shape index (κ1) is 29.3. The zero-order chi connectivity index (χ0) is 31.3. The predicted molar refractivity (Wildman–Crippen MR) is 159 cm³/mol. The van der Waals surface area contributed by atoms with Crippen molar-refractivity contribution in [2.45, 2.75) is 37.1 Å². The van der Waals surface area contributed by atoms with Crippen molar-refractivity contribution >= 4 is 35.2 Å². The van der Waals surface area contributed by atoms with E-state index < -0.39 is 36.1 Å². The molecule has 0 saturated carbocycles. The van der Waals surface area contributed by atoms with E-state index in [0.29, 0.717) is 36.4 Å². The highest BCUT2D eigenvalue weighted by Crippen LogP contribution is 2.51. The first-order valence-corrected chi connectivity index (χ1v) is 15.3. The van der Waals surface area contributed by atoms with E-state index in [1.54, 1.807) is 18.2 Å². The molecule has 3 amide bonds. The zero-order valence-electron chi connectivity index (χ0n) is 24.1. The lowest BCUT2D eigenvalue weighted by atomic mass is 10.0. The van der Waals surface area contributed by atoms with E-state index in [0.717, 1.165) is 15.3 Å². The number of likely N-dealkylation sites (tertiary alicyclic amines) is 1. The lowest BCUT2D eigenvalue weighted by Crippen LogP contribution is -2.49. The van der Waals surface area contributed by atoms with E-state index in [2.05, 4.69) is 10.3 Å². The molecular weight excluding hydrogens is 606 g/mol. The minimum atomic E-state index is -3.17. The van der Waals surface area contributed by atoms with E-state index in [9.17, 15) is 14.4 Å². The van der Waals surface area contributed by atoms with Crippen LogP contribution in [0.4, 0.5) is 14.5 Å². The quantitative estimate of drug-likeness (QED) is 0.280. The second-order valence-electron chi connectivity index (χ2n) is 11.3. The summed E-state index contributed by atoms with van der Waals surface area (Å²) in [7, 11) is 0. The van der Waals surface area contributed by atoms with Crippen molar-refractivity contribution in [2.75, 3.05) is 31.2 Å². The molecule has 2 fully saturated rings. The van der Waals surface area contributed by atoms with Crippen LogP contribution in [0.1, 0.15) is 35.4 Å². The van der Waals surface area contributed by atoms with Gasteiger partial charge < -0.3 is 29.0 Å². The Bertz CT molecular complexity index is 1770. The van der Waals surface area contributed by atoms with Crippen LogP contribution in [0.3, 0.4) is 0 Å². The van der Waals surface area contributed by atoms with Gasteiger partial charge in [0.1, 0.15) is 24.5 Å². The molecule has 3 aliphatic rings. The summed E-state index contributed by atoms with van der Waals surface area (Å²) in [5.74, 6) is -5.20. The standard InChI is InChI=1S/C32H28F2N4O6S/c1-19(28-10-20(15-45-28)26-14-42-17-35-26)36-30(41)27-12-31(43-8-9-44-31)16-38(27)29(40)13-37(18-39)21-6-7-25-23(11-21)22-4-2-3-5-24(22)32(25,33)34/h2-7,10-11,14-15,17-19,27H,8-9,12-13,16H2,1H3,(H,36,41)/t19-,27+/m1/s1. The normalized spacial score (nSPS) is 19.7. The maximum absolute atomic E-state index is 15.1. The molecule has 0 bridgehead atoms. The second-order valence-corrected chi connectivity index (χ2v) is 12.2. The summed E-state index contributed by atoms with van der Waals surface area (Å²) in [6.45, 7) is 2.09. The van der Waals surface area contributed by atoms with Crippen molar-refractivity contribution in [3.63, 3.8) is 0 Å². The summed E-state index contributed by atoms with van der Waals surface area (Å²) in [5.41, 5.74) is 2.23. The number of fused-ring (bicyclic) bond motifs is 3. The van der Waals surface area contributed by atoms with Crippen LogP contribution in [-0.4, -0.2) is 66.2 Å². The Hall–Kier alpha value is -4.46. The Morgan fingerprint density at radius 3 is 2.69 bits per heavy atom. The van der Waals surface area contributed by atoms with Crippen molar-refractivity contribution in [3.05, 3.63) is 82.6 Å². The fraction of sp³-hybridized carbons (Fsp3) is 0.312. The Morgan fingerprint density at radius 1 is 1.16 bits per heavy atom. The van der Waals surface area contributed by atoms with Crippen LogP contribution >= 0.6 is 11.3 Å². The van der Waals surface area contributed by atoms with Gasteiger partial charge in [0.2, 0.25) is 18.2 Å². The van der Waals surface area contributed by atoms with Crippen molar-refractivity contribution < 1.29 is 37.1 Å². The van der Waals surface area contributed by atoms with Gasteiger partial charge in [-0.25, -0.2) is 4.98 Å². The van der Waals surface area contributed by atoms with Crippen LogP contribution in [0.2, 0.25) is 0 Å². The third-order valence-corrected chi connectivity index (χ3v) is 9.64. The summed E-state index contributed by atoms with van der Waals surface area (Å²) < 4.78 is 46.9. The molecule has 4 heterocycles. The summed E-state index contributed by atoms with van der Waals surface area (Å²) in [4.78, 5) is 47.2. The van der Waals surface area contributed by atoms with Gasteiger partial charge in [-0.2, -0.15) is 8.78 Å². The lowest BCUT2D eigenvalue weighted by molar-refractivity contribution is -0.152. The maximum atomic E-state index is 15.1. The van der Waals surface area contributed by atoms with Crippen molar-refractivity contribution in [1.82, 2.24) is 15.2 Å². The monoisotopic (exact) mass is 634 g/mol. The SMILES string of the molecule is C[C@@H](NC(=O)[C@@H]1CC2(CN1C(=O)CN(C=O)c1ccc3c(c1)-c1ccccc1C3(F)F)OCCO2)c1cc(-c2cocn2)cs1. The molecule has 2 atom stereocenters. The van der Waals surface area contributed by atoms with Crippen LogP contribution in [0.25, 0.3) is 22.4 Å². The minimum Gasteiger partial charge on any atom is -0.451 e. The van der Waals surface area contributed by atoms with Crippen LogP contribution in [0.5, 0.6) is 0 Å². The molecule has 1 spiro atoms. The number of carbonyl (C=O) groups excluding carboxylic acids is 3. The molecule has 1 N–H and O–H groups in total. The average molecular weight is 635 g/mol. The van der Waals surface area contributed by atoms with E-state index in [-0.39, 0.29) is 35.8 Å². The van der Waals surface area contributed by atoms with E-state index in [1.807, 2.05) is 18.4 Å². The number of rotatable bonds is 8. The summed E-state index contributed by atoms with van der Waals surface area (Å²) in [5, 5.41) is 4.92. The van der Waals surface area contributed by atoms with Crippen LogP contribution in [0.15, 0.2) is 71.0 Å². The minimum absolute atomic E-state index is 0.00406. The number of carbonyl (C=O) groups is 3. The number of hydrogen-bond acceptors (Lipinski definition) is 8. The first-order valence-electron chi connectivity index (χ1n) is 14.4. The lowest BCUT2D eigenvalue weighted by Gasteiger charge is -2.27. The molecule has 4 aromatic rings. The fourth-order valence-corrected chi connectivity index (χ4v) is 7.17. The Balaban J connectivity index is 1.10. The summed E-state index contributed by atoms with van der Waals surface area (Å²) >= 11 is 1.46. The van der Waals surface area contributed by atoms with Crippen molar-refractivity contribution in [3.8, 4) is 22.4 Å². The molecule has 1 aliphatic carbocycles. The average Bonchev–Trinajstić information content (AvgIpc) is 3.88. The largest absolute Gasteiger partial charge is 0.451 e. The number of halogens is 2. The Morgan fingerprint density at radius 2 is 1.93 bits per heavy atom. The molecular formula is C32H28F2N4O6S. The number of thiophene rings is 1. The first-order chi connectivity index (χ1) is 21.7. The fourth-order valence-electron chi connectivity index (χ4n) is 6.26. The van der Waals surface area contributed by atoms with Gasteiger partial charge in [0.05, 0.1) is 25.8 Å². The van der Waals surface area contributed by atoms with Crippen molar-refractivity contribution in [2.24, 2.45) is 0 Å². The number of oxazole rings is 1. The second kappa shape index (κ2) is 11.2. The van der Waals surface area contributed by atoms with E-state index in [1.165, 1.54) is 53.2 Å². The molecule has 0 unspecified atom stereocenters. The Labute approximate surface area is 260 Å². The molecule has 13 heteroatoms. The van der Waals surface area contributed by atoms with Gasteiger partial charge in [-0.1, -0.05) is 24.3 Å². The molecule has 2 aliphatic heterocycles. The smallest absolute Gasteiger partial charge is 0.299 e. The zero-order valence-corrected chi connectivity index (χ0v) is 24.9.